The fourth-order valence-electron chi connectivity index (χ4n) is 6.59. The third kappa shape index (κ3) is 2.86. The van der Waals surface area contributed by atoms with E-state index in [1.165, 1.54) is 12.4 Å². The summed E-state index contributed by atoms with van der Waals surface area (Å²) in [5.74, 6) is 2.46. The second kappa shape index (κ2) is 7.43. The van der Waals surface area contributed by atoms with Crippen molar-refractivity contribution >= 4 is 27.5 Å². The summed E-state index contributed by atoms with van der Waals surface area (Å²) in [4.78, 5) is 16.3. The summed E-state index contributed by atoms with van der Waals surface area (Å²) < 4.78 is 30.9. The Labute approximate surface area is 201 Å². The SMILES string of the molecule is C#Cc1c(F)ccc2cccc(-c3nc4c5c(ncnc5c3F)N3CC5CCC(N5)C3C(C)C4)c12. The van der Waals surface area contributed by atoms with Gasteiger partial charge in [0.25, 0.3) is 0 Å². The number of hydrogen-bond donors (Lipinski definition) is 1. The fraction of sp³-hybridized carbons (Fsp3) is 0.321. The number of nitrogens with one attached hydrogen (secondary N) is 1. The quantitative estimate of drug-likeness (QED) is 0.415. The third-order valence-electron chi connectivity index (χ3n) is 8.01. The highest BCUT2D eigenvalue weighted by molar-refractivity contribution is 6.02. The molecular weight excluding hydrogens is 444 g/mol. The van der Waals surface area contributed by atoms with E-state index in [4.69, 9.17) is 11.4 Å². The van der Waals surface area contributed by atoms with Crippen LogP contribution in [-0.2, 0) is 6.42 Å². The summed E-state index contributed by atoms with van der Waals surface area (Å²) in [5, 5.41) is 5.67. The van der Waals surface area contributed by atoms with Gasteiger partial charge in [0.15, 0.2) is 5.82 Å². The van der Waals surface area contributed by atoms with Gasteiger partial charge in [-0.15, -0.1) is 6.42 Å². The second-order valence-corrected chi connectivity index (χ2v) is 9.98. The molecule has 7 heteroatoms. The average Bonchev–Trinajstić information content (AvgIpc) is 3.19. The Balaban J connectivity index is 1.52. The van der Waals surface area contributed by atoms with Gasteiger partial charge in [-0.3, -0.25) is 0 Å². The minimum Gasteiger partial charge on any atom is -0.350 e. The van der Waals surface area contributed by atoms with Gasteiger partial charge in [-0.2, -0.15) is 0 Å². The number of rotatable bonds is 1. The highest BCUT2D eigenvalue weighted by Gasteiger charge is 2.45. The summed E-state index contributed by atoms with van der Waals surface area (Å²) in [7, 11) is 0. The van der Waals surface area contributed by atoms with Gasteiger partial charge in [-0.25, -0.2) is 23.7 Å². The molecule has 2 aromatic heterocycles. The van der Waals surface area contributed by atoms with Crippen LogP contribution >= 0.6 is 0 Å². The third-order valence-corrected chi connectivity index (χ3v) is 8.01. The molecule has 5 heterocycles. The van der Waals surface area contributed by atoms with E-state index >= 15 is 4.39 Å². The molecule has 0 spiro atoms. The van der Waals surface area contributed by atoms with Crippen LogP contribution in [0.2, 0.25) is 0 Å². The van der Waals surface area contributed by atoms with Crippen molar-refractivity contribution in [2.24, 2.45) is 5.92 Å². The van der Waals surface area contributed by atoms with E-state index < -0.39 is 11.6 Å². The van der Waals surface area contributed by atoms with Gasteiger partial charge in [0.1, 0.15) is 29.2 Å². The molecule has 3 aliphatic heterocycles. The van der Waals surface area contributed by atoms with Gasteiger partial charge in [0.2, 0.25) is 0 Å². The molecular formula is C28H23F2N5. The predicted molar refractivity (Wildman–Crippen MR) is 132 cm³/mol. The molecule has 2 fully saturated rings. The highest BCUT2D eigenvalue weighted by Crippen LogP contribution is 2.43. The van der Waals surface area contributed by atoms with Crippen LogP contribution in [0.3, 0.4) is 0 Å². The zero-order valence-corrected chi connectivity index (χ0v) is 19.2. The Morgan fingerprint density at radius 3 is 2.86 bits per heavy atom. The van der Waals surface area contributed by atoms with Gasteiger partial charge in [0.05, 0.1) is 16.6 Å². The number of halogens is 2. The molecule has 0 aliphatic carbocycles. The van der Waals surface area contributed by atoms with Crippen molar-refractivity contribution in [3.05, 3.63) is 59.6 Å². The number of nitrogens with zero attached hydrogens (tertiary/aromatic N) is 4. The maximum Gasteiger partial charge on any atom is 0.175 e. The summed E-state index contributed by atoms with van der Waals surface area (Å²) in [6, 6.07) is 9.47. The largest absolute Gasteiger partial charge is 0.350 e. The van der Waals surface area contributed by atoms with E-state index in [2.05, 4.69) is 33.0 Å². The van der Waals surface area contributed by atoms with E-state index in [-0.39, 0.29) is 28.7 Å². The summed E-state index contributed by atoms with van der Waals surface area (Å²) >= 11 is 0. The van der Waals surface area contributed by atoms with Crippen molar-refractivity contribution < 1.29 is 8.78 Å². The van der Waals surface area contributed by atoms with Crippen LogP contribution in [-0.4, -0.2) is 39.6 Å². The fourth-order valence-corrected chi connectivity index (χ4v) is 6.59. The van der Waals surface area contributed by atoms with Crippen LogP contribution in [0.25, 0.3) is 32.9 Å². The van der Waals surface area contributed by atoms with Crippen molar-refractivity contribution in [3.8, 4) is 23.6 Å². The van der Waals surface area contributed by atoms with Crippen LogP contribution in [0, 0.1) is 29.9 Å². The molecule has 3 aliphatic rings. The number of terminal acetylenes is 1. The average molecular weight is 468 g/mol. The Bertz CT molecular complexity index is 1580. The molecule has 1 N–H and O–H groups in total. The highest BCUT2D eigenvalue weighted by atomic mass is 19.1. The Kier molecular flexibility index (Phi) is 4.40. The standard InChI is InChI=1S/C28H23F2N5/c1-3-17-19(29)9-7-15-5-4-6-18(22(15)17)25-24(30)26-23-21(34-25)11-14(2)27-20-10-8-16(33-20)12-35(27)28(23)32-13-31-26/h1,4-7,9,13-14,16,20,27,33H,8,10-12H2,2H3. The molecule has 174 valence electrons. The number of pyridine rings is 1. The lowest BCUT2D eigenvalue weighted by molar-refractivity contribution is 0.301. The van der Waals surface area contributed by atoms with Crippen molar-refractivity contribution in [1.82, 2.24) is 20.3 Å². The summed E-state index contributed by atoms with van der Waals surface area (Å²) in [6.07, 6.45) is 10.1. The molecule has 2 saturated heterocycles. The topological polar surface area (TPSA) is 53.9 Å². The zero-order chi connectivity index (χ0) is 23.8. The lowest BCUT2D eigenvalue weighted by atomic mass is 9.89. The molecule has 2 aromatic carbocycles. The van der Waals surface area contributed by atoms with E-state index in [0.717, 1.165) is 36.3 Å². The van der Waals surface area contributed by atoms with Crippen molar-refractivity contribution in [2.45, 2.75) is 44.3 Å². The second-order valence-electron chi connectivity index (χ2n) is 9.98. The first kappa shape index (κ1) is 20.7. The van der Waals surface area contributed by atoms with Crippen molar-refractivity contribution in [1.29, 1.82) is 0 Å². The molecule has 5 nitrogen and oxygen atoms in total. The van der Waals surface area contributed by atoms with Gasteiger partial charge in [-0.05, 0) is 36.6 Å². The van der Waals surface area contributed by atoms with E-state index in [0.29, 0.717) is 34.8 Å². The summed E-state index contributed by atoms with van der Waals surface area (Å²) in [5.41, 5.74) is 1.77. The number of piperazine rings is 1. The smallest absolute Gasteiger partial charge is 0.175 e. The lowest BCUT2D eigenvalue weighted by Crippen LogP contribution is -2.60. The van der Waals surface area contributed by atoms with E-state index in [1.807, 2.05) is 12.1 Å². The molecule has 0 radical (unpaired) electrons. The minimum absolute atomic E-state index is 0.112. The number of anilines is 1. The first-order valence-electron chi connectivity index (χ1n) is 12.1. The lowest BCUT2D eigenvalue weighted by Gasteiger charge is -2.43. The van der Waals surface area contributed by atoms with Crippen LogP contribution in [0.4, 0.5) is 14.6 Å². The van der Waals surface area contributed by atoms with Crippen LogP contribution in [0.1, 0.15) is 31.0 Å². The molecule has 7 rings (SSSR count). The van der Waals surface area contributed by atoms with E-state index in [1.54, 1.807) is 12.1 Å². The molecule has 4 unspecified atom stereocenters. The van der Waals surface area contributed by atoms with Crippen molar-refractivity contribution in [2.75, 3.05) is 11.4 Å². The Morgan fingerprint density at radius 2 is 2.00 bits per heavy atom. The first-order chi connectivity index (χ1) is 17.0. The Hall–Kier alpha value is -3.63. The normalized spacial score (nSPS) is 24.9. The van der Waals surface area contributed by atoms with Gasteiger partial charge in [0, 0.05) is 35.6 Å². The van der Waals surface area contributed by atoms with Gasteiger partial charge in [-0.1, -0.05) is 37.1 Å². The molecule has 0 amide bonds. The number of hydrogen-bond acceptors (Lipinski definition) is 5. The molecule has 35 heavy (non-hydrogen) atoms. The Morgan fingerprint density at radius 1 is 1.11 bits per heavy atom. The van der Waals surface area contributed by atoms with Crippen molar-refractivity contribution in [3.63, 3.8) is 0 Å². The molecule has 2 bridgehead atoms. The number of aromatic nitrogens is 3. The predicted octanol–water partition coefficient (Wildman–Crippen LogP) is 4.61. The maximum absolute atomic E-state index is 16.2. The van der Waals surface area contributed by atoms with Gasteiger partial charge >= 0.3 is 0 Å². The monoisotopic (exact) mass is 467 g/mol. The number of benzene rings is 2. The zero-order valence-electron chi connectivity index (χ0n) is 19.2. The minimum atomic E-state index is -0.531. The van der Waals surface area contributed by atoms with Crippen LogP contribution < -0.4 is 10.2 Å². The van der Waals surface area contributed by atoms with Crippen LogP contribution in [0.15, 0.2) is 36.7 Å². The van der Waals surface area contributed by atoms with Gasteiger partial charge < -0.3 is 10.2 Å². The first-order valence-corrected chi connectivity index (χ1v) is 12.1. The summed E-state index contributed by atoms with van der Waals surface area (Å²) in [6.45, 7) is 3.08. The van der Waals surface area contributed by atoms with Crippen LogP contribution in [0.5, 0.6) is 0 Å². The van der Waals surface area contributed by atoms with E-state index in [9.17, 15) is 4.39 Å². The molecule has 0 saturated carbocycles. The maximum atomic E-state index is 16.2. The number of fused-ring (bicyclic) bond motifs is 6. The molecule has 4 atom stereocenters. The molecule has 4 aromatic rings.